The molecule has 1 heterocycles. The number of aromatic carboxylic acids is 1. The molecule has 0 unspecified atom stereocenters. The maximum absolute atomic E-state index is 12.7. The van der Waals surface area contributed by atoms with Gasteiger partial charge in [-0.3, -0.25) is 0 Å². The second kappa shape index (κ2) is 10.4. The molecule has 0 aromatic heterocycles. The number of hydrogen-bond acceptors (Lipinski definition) is 4. The molecule has 1 saturated heterocycles. The standard InChI is InChI=1S/C19H30N2O4S.ClH/c1-14(2)17-6-5-16(19(22)23)13-18(17)26(24,25)20-9-4-10-21-11-7-15(3)8-12-21;/h5-6,13-15,20H,4,7-12H2,1-3H3,(H,22,23);1H. The molecule has 2 N–H and O–H groups in total. The topological polar surface area (TPSA) is 86.7 Å². The molecule has 1 fully saturated rings. The minimum Gasteiger partial charge on any atom is -0.478 e. The van der Waals surface area contributed by atoms with Crippen molar-refractivity contribution in [3.05, 3.63) is 29.3 Å². The van der Waals surface area contributed by atoms with Gasteiger partial charge in [-0.15, -0.1) is 12.4 Å². The van der Waals surface area contributed by atoms with E-state index in [-0.39, 0.29) is 28.8 Å². The Morgan fingerprint density at radius 1 is 1.30 bits per heavy atom. The predicted molar refractivity (Wildman–Crippen MR) is 109 cm³/mol. The van der Waals surface area contributed by atoms with E-state index in [1.54, 1.807) is 6.07 Å². The Balaban J connectivity index is 0.00000364. The first-order valence-electron chi connectivity index (χ1n) is 9.30. The smallest absolute Gasteiger partial charge is 0.335 e. The number of carboxylic acid groups (broad SMARTS) is 1. The molecule has 0 saturated carbocycles. The normalized spacial score (nSPS) is 16.3. The minimum atomic E-state index is -3.74. The molecular formula is C19H31ClN2O4S. The number of halogens is 1. The summed E-state index contributed by atoms with van der Waals surface area (Å²) in [6, 6.07) is 4.30. The summed E-state index contributed by atoms with van der Waals surface area (Å²) in [7, 11) is -3.74. The van der Waals surface area contributed by atoms with Crippen LogP contribution in [0.25, 0.3) is 0 Å². The van der Waals surface area contributed by atoms with Crippen molar-refractivity contribution < 1.29 is 18.3 Å². The number of carboxylic acids is 1. The average molecular weight is 419 g/mol. The Kier molecular flexibility index (Phi) is 9.21. The molecule has 154 valence electrons. The van der Waals surface area contributed by atoms with Gasteiger partial charge in [0.25, 0.3) is 0 Å². The first-order chi connectivity index (χ1) is 12.2. The number of likely N-dealkylation sites (tertiary alicyclic amines) is 1. The van der Waals surface area contributed by atoms with Crippen molar-refractivity contribution >= 4 is 28.4 Å². The van der Waals surface area contributed by atoms with Crippen LogP contribution in [-0.4, -0.2) is 50.6 Å². The summed E-state index contributed by atoms with van der Waals surface area (Å²) in [5.41, 5.74) is 0.615. The number of nitrogens with zero attached hydrogens (tertiary/aromatic N) is 1. The van der Waals surface area contributed by atoms with E-state index in [0.29, 0.717) is 12.1 Å². The molecule has 0 atom stereocenters. The van der Waals surface area contributed by atoms with Gasteiger partial charge in [0.1, 0.15) is 0 Å². The summed E-state index contributed by atoms with van der Waals surface area (Å²) in [6.07, 6.45) is 3.14. The van der Waals surface area contributed by atoms with Gasteiger partial charge < -0.3 is 10.0 Å². The van der Waals surface area contributed by atoms with E-state index in [1.807, 2.05) is 13.8 Å². The second-order valence-corrected chi connectivity index (χ2v) is 9.22. The highest BCUT2D eigenvalue weighted by molar-refractivity contribution is 7.89. The first-order valence-corrected chi connectivity index (χ1v) is 10.8. The maximum Gasteiger partial charge on any atom is 0.335 e. The summed E-state index contributed by atoms with van der Waals surface area (Å²) < 4.78 is 28.1. The fourth-order valence-corrected chi connectivity index (χ4v) is 4.71. The van der Waals surface area contributed by atoms with E-state index < -0.39 is 16.0 Å². The zero-order valence-electron chi connectivity index (χ0n) is 16.3. The number of rotatable bonds is 8. The Labute approximate surface area is 168 Å². The molecule has 0 aliphatic carbocycles. The third-order valence-corrected chi connectivity index (χ3v) is 6.51. The summed E-state index contributed by atoms with van der Waals surface area (Å²) in [5, 5.41) is 9.16. The van der Waals surface area contributed by atoms with E-state index in [0.717, 1.165) is 32.0 Å². The molecular weight excluding hydrogens is 388 g/mol. The van der Waals surface area contributed by atoms with E-state index in [4.69, 9.17) is 5.11 Å². The van der Waals surface area contributed by atoms with Gasteiger partial charge in [0.05, 0.1) is 10.5 Å². The van der Waals surface area contributed by atoms with Crippen LogP contribution in [0.1, 0.15) is 61.9 Å². The van der Waals surface area contributed by atoms with Gasteiger partial charge in [0.2, 0.25) is 10.0 Å². The Bertz CT molecular complexity index is 729. The van der Waals surface area contributed by atoms with Crippen LogP contribution in [0.4, 0.5) is 0 Å². The molecule has 1 aromatic carbocycles. The summed E-state index contributed by atoms with van der Waals surface area (Å²) in [5.74, 6) is -0.364. The van der Waals surface area contributed by atoms with Crippen LogP contribution in [0, 0.1) is 5.92 Å². The van der Waals surface area contributed by atoms with Crippen molar-refractivity contribution in [1.29, 1.82) is 0 Å². The fraction of sp³-hybridized carbons (Fsp3) is 0.632. The molecule has 6 nitrogen and oxygen atoms in total. The molecule has 1 aliphatic heterocycles. The largest absolute Gasteiger partial charge is 0.478 e. The highest BCUT2D eigenvalue weighted by Gasteiger charge is 2.22. The monoisotopic (exact) mass is 418 g/mol. The van der Waals surface area contributed by atoms with Crippen LogP contribution in [0.5, 0.6) is 0 Å². The SMILES string of the molecule is CC1CCN(CCCNS(=O)(=O)c2cc(C(=O)O)ccc2C(C)C)CC1.Cl. The van der Waals surface area contributed by atoms with E-state index >= 15 is 0 Å². The van der Waals surface area contributed by atoms with Gasteiger partial charge >= 0.3 is 5.97 Å². The van der Waals surface area contributed by atoms with E-state index in [9.17, 15) is 13.2 Å². The molecule has 0 bridgehead atoms. The highest BCUT2D eigenvalue weighted by Crippen LogP contribution is 2.25. The highest BCUT2D eigenvalue weighted by atomic mass is 35.5. The van der Waals surface area contributed by atoms with Crippen LogP contribution in [0.15, 0.2) is 23.1 Å². The number of benzene rings is 1. The molecule has 0 amide bonds. The van der Waals surface area contributed by atoms with Crippen molar-refractivity contribution in [2.45, 2.75) is 50.8 Å². The average Bonchev–Trinajstić information content (AvgIpc) is 2.59. The summed E-state index contributed by atoms with van der Waals surface area (Å²) >= 11 is 0. The van der Waals surface area contributed by atoms with Crippen LogP contribution >= 0.6 is 12.4 Å². The van der Waals surface area contributed by atoms with E-state index in [1.165, 1.54) is 25.0 Å². The fourth-order valence-electron chi connectivity index (χ4n) is 3.25. The minimum absolute atomic E-state index is 0. The Morgan fingerprint density at radius 3 is 2.48 bits per heavy atom. The number of carbonyl (C=O) groups is 1. The molecule has 8 heteroatoms. The quantitative estimate of drug-likeness (QED) is 0.632. The third-order valence-electron chi connectivity index (χ3n) is 4.99. The van der Waals surface area contributed by atoms with Crippen molar-refractivity contribution in [1.82, 2.24) is 9.62 Å². The first kappa shape index (κ1) is 23.9. The van der Waals surface area contributed by atoms with Crippen LogP contribution < -0.4 is 4.72 Å². The van der Waals surface area contributed by atoms with Gasteiger partial charge in [0, 0.05) is 6.54 Å². The van der Waals surface area contributed by atoms with Gasteiger partial charge in [-0.05, 0) is 68.4 Å². The lowest BCUT2D eigenvalue weighted by Crippen LogP contribution is -2.35. The number of nitrogens with one attached hydrogen (secondary N) is 1. The third kappa shape index (κ3) is 6.75. The number of piperidine rings is 1. The van der Waals surface area contributed by atoms with E-state index in [2.05, 4.69) is 16.5 Å². The zero-order valence-corrected chi connectivity index (χ0v) is 17.9. The molecule has 2 rings (SSSR count). The van der Waals surface area contributed by atoms with Crippen molar-refractivity contribution in [3.8, 4) is 0 Å². The Hall–Kier alpha value is -1.15. The van der Waals surface area contributed by atoms with Crippen molar-refractivity contribution in [3.63, 3.8) is 0 Å². The number of hydrogen-bond donors (Lipinski definition) is 2. The summed E-state index contributed by atoms with van der Waals surface area (Å²) in [4.78, 5) is 13.6. The van der Waals surface area contributed by atoms with Crippen molar-refractivity contribution in [2.75, 3.05) is 26.2 Å². The lowest BCUT2D eigenvalue weighted by Gasteiger charge is -2.30. The van der Waals surface area contributed by atoms with Crippen molar-refractivity contribution in [2.24, 2.45) is 5.92 Å². The Morgan fingerprint density at radius 2 is 1.93 bits per heavy atom. The molecule has 27 heavy (non-hydrogen) atoms. The van der Waals surface area contributed by atoms with Gasteiger partial charge in [0.15, 0.2) is 0 Å². The molecule has 1 aliphatic rings. The lowest BCUT2D eigenvalue weighted by atomic mass is 9.99. The van der Waals surface area contributed by atoms with Crippen LogP contribution in [0.3, 0.4) is 0 Å². The summed E-state index contributed by atoms with van der Waals surface area (Å²) in [6.45, 7) is 9.43. The predicted octanol–water partition coefficient (Wildman–Crippen LogP) is 3.33. The number of sulfonamides is 1. The van der Waals surface area contributed by atoms with Gasteiger partial charge in [-0.1, -0.05) is 26.8 Å². The maximum atomic E-state index is 12.7. The van der Waals surface area contributed by atoms with Crippen LogP contribution in [-0.2, 0) is 10.0 Å². The lowest BCUT2D eigenvalue weighted by molar-refractivity contribution is 0.0696. The van der Waals surface area contributed by atoms with Gasteiger partial charge in [-0.25, -0.2) is 17.9 Å². The molecule has 1 aromatic rings. The zero-order chi connectivity index (χ0) is 19.3. The second-order valence-electron chi connectivity index (χ2n) is 7.49. The molecule has 0 spiro atoms. The molecule has 0 radical (unpaired) electrons. The van der Waals surface area contributed by atoms with Gasteiger partial charge in [-0.2, -0.15) is 0 Å². The van der Waals surface area contributed by atoms with Crippen LogP contribution in [0.2, 0.25) is 0 Å².